The average Bonchev–Trinajstić information content (AvgIpc) is 2.90. The van der Waals surface area contributed by atoms with Crippen LogP contribution >= 0.6 is 33.9 Å². The van der Waals surface area contributed by atoms with Crippen molar-refractivity contribution in [2.24, 2.45) is 5.92 Å². The molecule has 3 rings (SSSR count). The molecule has 0 aliphatic rings. The lowest BCUT2D eigenvalue weighted by molar-refractivity contribution is 0.631. The standard InChI is InChI=1S/C15H14IN3OS/c1-8(2)5-11-13(16)15(20)19-14(18-11)9-6-12-10(17-7-9)3-4-21-12/h3-4,6-8H,5H2,1-2H3,(H,18,19,20). The van der Waals surface area contributed by atoms with Crippen molar-refractivity contribution in [2.75, 3.05) is 0 Å². The number of thiophene rings is 1. The zero-order chi connectivity index (χ0) is 15.0. The normalized spacial score (nSPS) is 11.4. The van der Waals surface area contributed by atoms with Gasteiger partial charge in [0.2, 0.25) is 0 Å². The summed E-state index contributed by atoms with van der Waals surface area (Å²) in [4.78, 5) is 24.0. The summed E-state index contributed by atoms with van der Waals surface area (Å²) in [5, 5.41) is 2.01. The van der Waals surface area contributed by atoms with Crippen LogP contribution in [0.5, 0.6) is 0 Å². The molecule has 6 heteroatoms. The van der Waals surface area contributed by atoms with Crippen LogP contribution in [0.4, 0.5) is 0 Å². The van der Waals surface area contributed by atoms with Crippen LogP contribution in [0.15, 0.2) is 28.5 Å². The molecule has 0 saturated heterocycles. The Bertz CT molecular complexity index is 853. The molecule has 0 aliphatic heterocycles. The van der Waals surface area contributed by atoms with E-state index in [1.165, 1.54) is 0 Å². The molecular formula is C15H14IN3OS. The summed E-state index contributed by atoms with van der Waals surface area (Å²) in [5.41, 5.74) is 2.60. The minimum Gasteiger partial charge on any atom is -0.306 e. The molecule has 3 aromatic rings. The van der Waals surface area contributed by atoms with Gasteiger partial charge < -0.3 is 4.98 Å². The first-order chi connectivity index (χ1) is 10.0. The third-order valence-electron chi connectivity index (χ3n) is 3.11. The molecule has 0 bridgehead atoms. The fourth-order valence-electron chi connectivity index (χ4n) is 2.14. The molecule has 0 unspecified atom stereocenters. The van der Waals surface area contributed by atoms with Crippen LogP contribution in [0.1, 0.15) is 19.5 Å². The molecule has 108 valence electrons. The van der Waals surface area contributed by atoms with E-state index in [4.69, 9.17) is 0 Å². The van der Waals surface area contributed by atoms with E-state index in [9.17, 15) is 4.79 Å². The van der Waals surface area contributed by atoms with Gasteiger partial charge in [0.25, 0.3) is 5.56 Å². The molecule has 0 spiro atoms. The first kappa shape index (κ1) is 14.6. The number of nitrogens with zero attached hydrogens (tertiary/aromatic N) is 2. The maximum absolute atomic E-state index is 12.1. The van der Waals surface area contributed by atoms with E-state index in [-0.39, 0.29) is 5.56 Å². The number of hydrogen-bond acceptors (Lipinski definition) is 4. The van der Waals surface area contributed by atoms with Gasteiger partial charge in [0.15, 0.2) is 0 Å². The largest absolute Gasteiger partial charge is 0.306 e. The molecule has 0 saturated carbocycles. The van der Waals surface area contributed by atoms with Gasteiger partial charge in [-0.2, -0.15) is 0 Å². The molecule has 1 N–H and O–H groups in total. The topological polar surface area (TPSA) is 58.6 Å². The van der Waals surface area contributed by atoms with E-state index in [0.29, 0.717) is 15.3 Å². The van der Waals surface area contributed by atoms with Gasteiger partial charge in [-0.15, -0.1) is 11.3 Å². The van der Waals surface area contributed by atoms with E-state index in [1.807, 2.05) is 17.5 Å². The molecule has 0 aromatic carbocycles. The van der Waals surface area contributed by atoms with Crippen LogP contribution in [-0.4, -0.2) is 15.0 Å². The van der Waals surface area contributed by atoms with Gasteiger partial charge in [-0.1, -0.05) is 13.8 Å². The van der Waals surface area contributed by atoms with Crippen molar-refractivity contribution < 1.29 is 0 Å². The number of aromatic nitrogens is 3. The fourth-order valence-corrected chi connectivity index (χ4v) is 3.40. The second-order valence-electron chi connectivity index (χ2n) is 5.30. The summed E-state index contributed by atoms with van der Waals surface area (Å²) < 4.78 is 1.77. The van der Waals surface area contributed by atoms with Crippen molar-refractivity contribution in [2.45, 2.75) is 20.3 Å². The molecule has 0 amide bonds. The Hall–Kier alpha value is -1.28. The second-order valence-corrected chi connectivity index (χ2v) is 7.33. The number of fused-ring (bicyclic) bond motifs is 1. The predicted molar refractivity (Wildman–Crippen MR) is 94.7 cm³/mol. The smallest absolute Gasteiger partial charge is 0.264 e. The van der Waals surface area contributed by atoms with Crippen LogP contribution < -0.4 is 5.56 Å². The van der Waals surface area contributed by atoms with Gasteiger partial charge in [0.1, 0.15) is 5.82 Å². The lowest BCUT2D eigenvalue weighted by Crippen LogP contribution is -2.17. The Morgan fingerprint density at radius 3 is 3.00 bits per heavy atom. The molecule has 3 heterocycles. The number of hydrogen-bond donors (Lipinski definition) is 1. The number of nitrogens with one attached hydrogen (secondary N) is 1. The van der Waals surface area contributed by atoms with Crippen LogP contribution in [0.3, 0.4) is 0 Å². The van der Waals surface area contributed by atoms with Gasteiger partial charge >= 0.3 is 0 Å². The third-order valence-corrected chi connectivity index (χ3v) is 5.07. The Morgan fingerprint density at radius 1 is 1.43 bits per heavy atom. The minimum absolute atomic E-state index is 0.0810. The van der Waals surface area contributed by atoms with Crippen molar-refractivity contribution in [3.63, 3.8) is 0 Å². The highest BCUT2D eigenvalue weighted by Crippen LogP contribution is 2.24. The highest BCUT2D eigenvalue weighted by atomic mass is 127. The van der Waals surface area contributed by atoms with Gasteiger partial charge in [0.05, 0.1) is 19.5 Å². The van der Waals surface area contributed by atoms with Crippen molar-refractivity contribution >= 4 is 44.1 Å². The summed E-state index contributed by atoms with van der Waals surface area (Å²) in [6.07, 6.45) is 2.56. The van der Waals surface area contributed by atoms with Crippen molar-refractivity contribution in [3.8, 4) is 11.4 Å². The quantitative estimate of drug-likeness (QED) is 0.667. The molecule has 0 atom stereocenters. The zero-order valence-corrected chi connectivity index (χ0v) is 14.7. The first-order valence-corrected chi connectivity index (χ1v) is 8.62. The monoisotopic (exact) mass is 411 g/mol. The van der Waals surface area contributed by atoms with Crippen LogP contribution in [0.2, 0.25) is 0 Å². The number of aromatic amines is 1. The maximum atomic E-state index is 12.1. The number of halogens is 1. The Morgan fingerprint density at radius 2 is 2.24 bits per heavy atom. The van der Waals surface area contributed by atoms with Gasteiger partial charge in [0, 0.05) is 11.8 Å². The van der Waals surface area contributed by atoms with E-state index in [1.54, 1.807) is 17.5 Å². The number of rotatable bonds is 3. The highest BCUT2D eigenvalue weighted by molar-refractivity contribution is 14.1. The Labute approximate surface area is 139 Å². The minimum atomic E-state index is -0.0810. The summed E-state index contributed by atoms with van der Waals surface area (Å²) in [7, 11) is 0. The molecule has 0 aliphatic carbocycles. The summed E-state index contributed by atoms with van der Waals surface area (Å²) in [6, 6.07) is 4.01. The Balaban J connectivity index is 2.12. The van der Waals surface area contributed by atoms with Crippen LogP contribution in [0.25, 0.3) is 21.6 Å². The van der Waals surface area contributed by atoms with Gasteiger partial charge in [-0.3, -0.25) is 9.78 Å². The highest BCUT2D eigenvalue weighted by Gasteiger charge is 2.12. The summed E-state index contributed by atoms with van der Waals surface area (Å²) >= 11 is 3.70. The van der Waals surface area contributed by atoms with E-state index >= 15 is 0 Å². The molecule has 0 radical (unpaired) electrons. The summed E-state index contributed by atoms with van der Waals surface area (Å²) in [6.45, 7) is 4.25. The SMILES string of the molecule is CC(C)Cc1nc(-c2cnc3ccsc3c2)[nH]c(=O)c1I. The predicted octanol–water partition coefficient (Wildman–Crippen LogP) is 3.85. The van der Waals surface area contributed by atoms with E-state index in [2.05, 4.69) is 51.4 Å². The van der Waals surface area contributed by atoms with Crippen molar-refractivity contribution in [3.05, 3.63) is 43.3 Å². The second kappa shape index (κ2) is 5.84. The number of pyridine rings is 1. The zero-order valence-electron chi connectivity index (χ0n) is 11.7. The number of H-pyrrole nitrogens is 1. The summed E-state index contributed by atoms with van der Waals surface area (Å²) in [5.74, 6) is 1.05. The first-order valence-electron chi connectivity index (χ1n) is 6.67. The van der Waals surface area contributed by atoms with E-state index in [0.717, 1.165) is 27.9 Å². The van der Waals surface area contributed by atoms with Gasteiger partial charge in [-0.05, 0) is 52.4 Å². The maximum Gasteiger partial charge on any atom is 0.264 e. The molecule has 0 fully saturated rings. The van der Waals surface area contributed by atoms with Crippen molar-refractivity contribution in [1.29, 1.82) is 0 Å². The van der Waals surface area contributed by atoms with E-state index < -0.39 is 0 Å². The third kappa shape index (κ3) is 3.01. The fraction of sp³-hybridized carbons (Fsp3) is 0.267. The van der Waals surface area contributed by atoms with Crippen LogP contribution in [0, 0.1) is 9.49 Å². The van der Waals surface area contributed by atoms with Gasteiger partial charge in [-0.25, -0.2) is 4.98 Å². The lowest BCUT2D eigenvalue weighted by atomic mass is 10.1. The molecule has 4 nitrogen and oxygen atoms in total. The molecular weight excluding hydrogens is 397 g/mol. The van der Waals surface area contributed by atoms with Crippen molar-refractivity contribution in [1.82, 2.24) is 15.0 Å². The Kier molecular flexibility index (Phi) is 4.08. The lowest BCUT2D eigenvalue weighted by Gasteiger charge is -2.08. The van der Waals surface area contributed by atoms with Crippen LogP contribution in [-0.2, 0) is 6.42 Å². The average molecular weight is 411 g/mol. The molecule has 21 heavy (non-hydrogen) atoms. The molecule has 3 aromatic heterocycles.